The first kappa shape index (κ1) is 16.9. The number of allylic oxidation sites excluding steroid dienone is 1. The minimum absolute atomic E-state index is 0.0379. The molecule has 1 unspecified atom stereocenters. The Bertz CT molecular complexity index is 790. The molecule has 116 valence electrons. The summed E-state index contributed by atoms with van der Waals surface area (Å²) in [5.41, 5.74) is 11.9. The van der Waals surface area contributed by atoms with Crippen molar-refractivity contribution < 1.29 is 4.79 Å². The van der Waals surface area contributed by atoms with Crippen LogP contribution in [0, 0.1) is 28.6 Å². The van der Waals surface area contributed by atoms with E-state index in [0.29, 0.717) is 15.6 Å². The van der Waals surface area contributed by atoms with E-state index in [1.165, 1.54) is 0 Å². The minimum Gasteiger partial charge on any atom is -0.386 e. The molecular formula is C15H12ClN5OS. The van der Waals surface area contributed by atoms with Crippen LogP contribution in [0.1, 0.15) is 11.5 Å². The van der Waals surface area contributed by atoms with Crippen molar-refractivity contribution >= 4 is 35.1 Å². The highest BCUT2D eigenvalue weighted by Gasteiger charge is 2.36. The molecule has 2 rings (SSSR count). The Hall–Kier alpha value is -2.48. The van der Waals surface area contributed by atoms with E-state index in [0.717, 1.165) is 11.8 Å². The van der Waals surface area contributed by atoms with E-state index in [2.05, 4.69) is 17.1 Å². The van der Waals surface area contributed by atoms with Gasteiger partial charge in [0, 0.05) is 10.9 Å². The summed E-state index contributed by atoms with van der Waals surface area (Å²) >= 11 is 7.24. The maximum absolute atomic E-state index is 11.0. The van der Waals surface area contributed by atoms with Crippen molar-refractivity contribution in [2.45, 2.75) is 5.92 Å². The molecule has 2 atom stereocenters. The fourth-order valence-electron chi connectivity index (χ4n) is 2.29. The lowest BCUT2D eigenvalue weighted by atomic mass is 9.80. The number of nitrogens with zero attached hydrogens (tertiary/aromatic N) is 3. The number of benzene rings is 1. The van der Waals surface area contributed by atoms with Crippen LogP contribution in [0.5, 0.6) is 0 Å². The topological polar surface area (TPSA) is 129 Å². The van der Waals surface area contributed by atoms with Crippen LogP contribution in [-0.4, -0.2) is 17.5 Å². The molecule has 1 aliphatic heterocycles. The van der Waals surface area contributed by atoms with Gasteiger partial charge in [0.2, 0.25) is 5.91 Å². The first-order chi connectivity index (χ1) is 11.0. The number of carbonyl (C=O) groups is 1. The fourth-order valence-corrected chi connectivity index (χ4v) is 3.32. The van der Waals surface area contributed by atoms with Gasteiger partial charge in [-0.05, 0) is 11.6 Å². The Morgan fingerprint density at radius 3 is 2.65 bits per heavy atom. The van der Waals surface area contributed by atoms with Gasteiger partial charge in [-0.1, -0.05) is 41.6 Å². The second-order valence-corrected chi connectivity index (χ2v) is 6.10. The molecule has 1 heterocycles. The van der Waals surface area contributed by atoms with Crippen LogP contribution < -0.4 is 11.5 Å². The molecule has 1 aromatic carbocycles. The van der Waals surface area contributed by atoms with Gasteiger partial charge in [0.15, 0.2) is 0 Å². The second-order valence-electron chi connectivity index (χ2n) is 4.73. The van der Waals surface area contributed by atoms with Crippen molar-refractivity contribution in [1.82, 2.24) is 0 Å². The third kappa shape index (κ3) is 3.48. The van der Waals surface area contributed by atoms with Gasteiger partial charge < -0.3 is 11.5 Å². The molecule has 0 aromatic heterocycles. The molecule has 6 nitrogen and oxygen atoms in total. The highest BCUT2D eigenvalue weighted by molar-refractivity contribution is 8.03. The normalized spacial score (nSPS) is 20.4. The molecule has 1 aromatic rings. The summed E-state index contributed by atoms with van der Waals surface area (Å²) in [6.07, 6.45) is 0. The van der Waals surface area contributed by atoms with Crippen LogP contribution in [0.4, 0.5) is 0 Å². The van der Waals surface area contributed by atoms with E-state index in [-0.39, 0.29) is 17.2 Å². The summed E-state index contributed by atoms with van der Waals surface area (Å²) in [6.45, 7) is 0. The van der Waals surface area contributed by atoms with Crippen molar-refractivity contribution in [3.63, 3.8) is 0 Å². The smallest absolute Gasteiger partial charge is 0.227 e. The number of thioether (sulfide) groups is 1. The van der Waals surface area contributed by atoms with E-state index in [1.54, 1.807) is 24.3 Å². The summed E-state index contributed by atoms with van der Waals surface area (Å²) in [7, 11) is 0. The number of halogens is 1. The van der Waals surface area contributed by atoms with Crippen molar-refractivity contribution in [2.24, 2.45) is 22.4 Å². The molecule has 23 heavy (non-hydrogen) atoms. The summed E-state index contributed by atoms with van der Waals surface area (Å²) in [5, 5.41) is 19.7. The Kier molecular flexibility index (Phi) is 5.28. The van der Waals surface area contributed by atoms with Gasteiger partial charge in [-0.15, -0.1) is 0 Å². The molecule has 1 aliphatic rings. The average molecular weight is 346 g/mol. The van der Waals surface area contributed by atoms with Crippen LogP contribution in [-0.2, 0) is 4.79 Å². The van der Waals surface area contributed by atoms with Gasteiger partial charge >= 0.3 is 0 Å². The van der Waals surface area contributed by atoms with Crippen LogP contribution >= 0.6 is 23.4 Å². The maximum atomic E-state index is 11.0. The molecule has 4 N–H and O–H groups in total. The summed E-state index contributed by atoms with van der Waals surface area (Å²) in [4.78, 5) is 15.1. The van der Waals surface area contributed by atoms with E-state index < -0.39 is 17.7 Å². The Morgan fingerprint density at radius 2 is 2.09 bits per heavy atom. The highest BCUT2D eigenvalue weighted by atomic mass is 35.5. The lowest BCUT2D eigenvalue weighted by Gasteiger charge is -2.27. The van der Waals surface area contributed by atoms with Crippen LogP contribution in [0.3, 0.4) is 0 Å². The van der Waals surface area contributed by atoms with Crippen LogP contribution in [0.25, 0.3) is 0 Å². The standard InChI is InChI=1S/C15H12ClN5OS/c16-11-4-2-1-3-8(11)13-9(5-17)14(20)21-15(10(13)6-18)23-7-12(19)22/h1-4,9,13H,7H2,(H2,19,22)(H2,20,21)/t9?,13-/m0/s1. The van der Waals surface area contributed by atoms with Gasteiger partial charge in [0.25, 0.3) is 0 Å². The maximum Gasteiger partial charge on any atom is 0.227 e. The number of amidine groups is 1. The van der Waals surface area contributed by atoms with Crippen LogP contribution in [0.15, 0.2) is 39.9 Å². The SMILES string of the molecule is N#CC1=C(SCC(N)=O)N=C(N)C(C#N)[C@@H]1c1ccccc1Cl. The number of aliphatic imine (C=N–C) groups is 1. The largest absolute Gasteiger partial charge is 0.386 e. The molecule has 0 bridgehead atoms. The van der Waals surface area contributed by atoms with E-state index in [4.69, 9.17) is 23.1 Å². The Morgan fingerprint density at radius 1 is 1.39 bits per heavy atom. The molecule has 0 aliphatic carbocycles. The third-order valence-corrected chi connectivity index (χ3v) is 4.63. The number of amides is 1. The summed E-state index contributed by atoms with van der Waals surface area (Å²) < 4.78 is 0. The minimum atomic E-state index is -0.803. The zero-order valence-corrected chi connectivity index (χ0v) is 13.4. The van der Waals surface area contributed by atoms with Gasteiger partial charge in [0.05, 0.1) is 23.5 Å². The fraction of sp³-hybridized carbons (Fsp3) is 0.200. The number of carbonyl (C=O) groups excluding carboxylic acids is 1. The molecule has 1 amide bonds. The molecular weight excluding hydrogens is 334 g/mol. The number of nitriles is 2. The van der Waals surface area contributed by atoms with E-state index in [1.807, 2.05) is 0 Å². The molecule has 0 saturated carbocycles. The number of nitrogens with two attached hydrogens (primary N) is 2. The Labute approximate surface area is 142 Å². The quantitative estimate of drug-likeness (QED) is 0.860. The van der Waals surface area contributed by atoms with Crippen LogP contribution in [0.2, 0.25) is 5.02 Å². The molecule has 0 radical (unpaired) electrons. The zero-order chi connectivity index (χ0) is 17.0. The highest BCUT2D eigenvalue weighted by Crippen LogP contribution is 2.42. The number of hydrogen-bond acceptors (Lipinski definition) is 6. The van der Waals surface area contributed by atoms with Gasteiger partial charge in [-0.25, -0.2) is 4.99 Å². The van der Waals surface area contributed by atoms with Crippen molar-refractivity contribution in [1.29, 1.82) is 10.5 Å². The zero-order valence-electron chi connectivity index (χ0n) is 11.9. The lowest BCUT2D eigenvalue weighted by molar-refractivity contribution is -0.115. The Balaban J connectivity index is 2.58. The van der Waals surface area contributed by atoms with Gasteiger partial charge in [-0.2, -0.15) is 10.5 Å². The number of hydrogen-bond donors (Lipinski definition) is 2. The molecule has 8 heteroatoms. The summed E-state index contributed by atoms with van der Waals surface area (Å²) in [5.74, 6) is -1.92. The van der Waals surface area contributed by atoms with Crippen molar-refractivity contribution in [2.75, 3.05) is 5.75 Å². The third-order valence-electron chi connectivity index (χ3n) is 3.28. The van der Waals surface area contributed by atoms with Crippen molar-refractivity contribution in [3.05, 3.63) is 45.5 Å². The van der Waals surface area contributed by atoms with Gasteiger partial charge in [-0.3, -0.25) is 4.79 Å². The number of rotatable bonds is 4. The molecule has 0 fully saturated rings. The average Bonchev–Trinajstić information content (AvgIpc) is 2.52. The lowest BCUT2D eigenvalue weighted by Crippen LogP contribution is -2.32. The first-order valence-electron chi connectivity index (χ1n) is 6.53. The monoisotopic (exact) mass is 345 g/mol. The van der Waals surface area contributed by atoms with Crippen molar-refractivity contribution in [3.8, 4) is 12.1 Å². The predicted molar refractivity (Wildman–Crippen MR) is 89.2 cm³/mol. The van der Waals surface area contributed by atoms with E-state index in [9.17, 15) is 15.3 Å². The predicted octanol–water partition coefficient (Wildman–Crippen LogP) is 1.89. The summed E-state index contributed by atoms with van der Waals surface area (Å²) in [6, 6.07) is 11.1. The second kappa shape index (κ2) is 7.19. The first-order valence-corrected chi connectivity index (χ1v) is 7.89. The molecule has 0 saturated heterocycles. The molecule has 0 spiro atoms. The van der Waals surface area contributed by atoms with E-state index >= 15 is 0 Å². The van der Waals surface area contributed by atoms with Gasteiger partial charge in [0.1, 0.15) is 16.8 Å². The number of primary amides is 1.